The molecule has 25 heavy (non-hydrogen) atoms. The van der Waals surface area contributed by atoms with E-state index < -0.39 is 6.10 Å². The number of nitrogens with zero attached hydrogens (tertiary/aromatic N) is 3. The van der Waals surface area contributed by atoms with Crippen molar-refractivity contribution in [2.45, 2.75) is 38.0 Å². The lowest BCUT2D eigenvalue weighted by molar-refractivity contribution is 0.117. The number of aromatic nitrogens is 3. The van der Waals surface area contributed by atoms with E-state index >= 15 is 0 Å². The third-order valence-electron chi connectivity index (χ3n) is 4.98. The molecule has 2 N–H and O–H groups in total. The van der Waals surface area contributed by atoms with Gasteiger partial charge in [0, 0.05) is 30.9 Å². The zero-order valence-electron chi connectivity index (χ0n) is 14.0. The number of aliphatic hydroxyl groups is 1. The number of fused-ring (bicyclic) bond motifs is 1. The highest BCUT2D eigenvalue weighted by Gasteiger charge is 2.27. The Hall–Kier alpha value is -2.44. The van der Waals surface area contributed by atoms with Gasteiger partial charge in [0.25, 0.3) is 5.56 Å². The van der Waals surface area contributed by atoms with E-state index in [2.05, 4.69) is 15.0 Å². The average Bonchev–Trinajstić information content (AvgIpc) is 3.26. The van der Waals surface area contributed by atoms with Gasteiger partial charge >= 0.3 is 0 Å². The fourth-order valence-corrected chi connectivity index (χ4v) is 3.71. The molecule has 130 valence electrons. The SMILES string of the molecule is O=c1cc(CN2CCCC2CC(O)c2ccccc2)nc2cc[nH]n12. The molecule has 1 aromatic carbocycles. The third kappa shape index (κ3) is 3.36. The minimum absolute atomic E-state index is 0.0925. The summed E-state index contributed by atoms with van der Waals surface area (Å²) in [4.78, 5) is 19.0. The molecule has 1 aliphatic rings. The number of benzene rings is 1. The molecule has 2 aromatic heterocycles. The molecule has 1 fully saturated rings. The highest BCUT2D eigenvalue weighted by atomic mass is 16.3. The second-order valence-electron chi connectivity index (χ2n) is 6.67. The van der Waals surface area contributed by atoms with Crippen molar-refractivity contribution in [1.82, 2.24) is 19.5 Å². The summed E-state index contributed by atoms with van der Waals surface area (Å²) in [5, 5.41) is 13.4. The molecular weight excluding hydrogens is 316 g/mol. The molecule has 0 spiro atoms. The Balaban J connectivity index is 1.48. The number of likely N-dealkylation sites (tertiary alicyclic amines) is 1. The molecule has 3 aromatic rings. The van der Waals surface area contributed by atoms with Crippen LogP contribution in [0.5, 0.6) is 0 Å². The number of aliphatic hydroxyl groups excluding tert-OH is 1. The van der Waals surface area contributed by atoms with Gasteiger partial charge in [0.05, 0.1) is 11.8 Å². The fraction of sp³-hybridized carbons (Fsp3) is 0.368. The second kappa shape index (κ2) is 6.82. The van der Waals surface area contributed by atoms with Gasteiger partial charge in [-0.2, -0.15) is 0 Å². The molecule has 6 heteroatoms. The number of hydrogen-bond donors (Lipinski definition) is 2. The maximum Gasteiger partial charge on any atom is 0.272 e. The van der Waals surface area contributed by atoms with E-state index in [0.29, 0.717) is 24.7 Å². The second-order valence-corrected chi connectivity index (χ2v) is 6.67. The van der Waals surface area contributed by atoms with E-state index in [4.69, 9.17) is 0 Å². The van der Waals surface area contributed by atoms with Gasteiger partial charge in [-0.15, -0.1) is 0 Å². The molecule has 2 unspecified atom stereocenters. The van der Waals surface area contributed by atoms with Crippen LogP contribution in [0.25, 0.3) is 5.65 Å². The highest BCUT2D eigenvalue weighted by molar-refractivity contribution is 5.36. The minimum Gasteiger partial charge on any atom is -0.388 e. The van der Waals surface area contributed by atoms with Gasteiger partial charge in [-0.25, -0.2) is 9.50 Å². The van der Waals surface area contributed by atoms with E-state index in [1.165, 1.54) is 4.52 Å². The molecule has 6 nitrogen and oxygen atoms in total. The van der Waals surface area contributed by atoms with Crippen LogP contribution in [0.15, 0.2) is 53.5 Å². The maximum absolute atomic E-state index is 12.1. The Morgan fingerprint density at radius 3 is 2.96 bits per heavy atom. The maximum atomic E-state index is 12.1. The topological polar surface area (TPSA) is 73.6 Å². The zero-order chi connectivity index (χ0) is 17.2. The van der Waals surface area contributed by atoms with Gasteiger partial charge in [-0.05, 0) is 31.4 Å². The van der Waals surface area contributed by atoms with Crippen LogP contribution >= 0.6 is 0 Å². The van der Waals surface area contributed by atoms with Crippen LogP contribution in [0.2, 0.25) is 0 Å². The lowest BCUT2D eigenvalue weighted by Gasteiger charge is -2.26. The Morgan fingerprint density at radius 2 is 2.12 bits per heavy atom. The summed E-state index contributed by atoms with van der Waals surface area (Å²) in [6, 6.07) is 13.5. The van der Waals surface area contributed by atoms with Gasteiger partial charge in [-0.3, -0.25) is 14.8 Å². The fourth-order valence-electron chi connectivity index (χ4n) is 3.71. The van der Waals surface area contributed by atoms with Crippen molar-refractivity contribution in [3.63, 3.8) is 0 Å². The lowest BCUT2D eigenvalue weighted by atomic mass is 10.0. The largest absolute Gasteiger partial charge is 0.388 e. The summed E-state index contributed by atoms with van der Waals surface area (Å²) in [7, 11) is 0. The first kappa shape index (κ1) is 16.1. The Kier molecular flexibility index (Phi) is 4.38. The molecule has 2 atom stereocenters. The smallest absolute Gasteiger partial charge is 0.272 e. The van der Waals surface area contributed by atoms with Crippen LogP contribution in [0.3, 0.4) is 0 Å². The summed E-state index contributed by atoms with van der Waals surface area (Å²) in [5.74, 6) is 0. The molecule has 1 saturated heterocycles. The average molecular weight is 338 g/mol. The van der Waals surface area contributed by atoms with Gasteiger partial charge in [0.15, 0.2) is 5.65 Å². The molecule has 4 rings (SSSR count). The first-order chi connectivity index (χ1) is 12.2. The first-order valence-electron chi connectivity index (χ1n) is 8.74. The van der Waals surface area contributed by atoms with Crippen molar-refractivity contribution in [1.29, 1.82) is 0 Å². The molecule has 1 aliphatic heterocycles. The van der Waals surface area contributed by atoms with Crippen LogP contribution < -0.4 is 5.56 Å². The summed E-state index contributed by atoms with van der Waals surface area (Å²) >= 11 is 0. The molecule has 3 heterocycles. The van der Waals surface area contributed by atoms with Crippen molar-refractivity contribution >= 4 is 5.65 Å². The summed E-state index contributed by atoms with van der Waals surface area (Å²) in [6.07, 6.45) is 4.13. The van der Waals surface area contributed by atoms with E-state index in [1.807, 2.05) is 30.3 Å². The predicted molar refractivity (Wildman–Crippen MR) is 95.3 cm³/mol. The molecular formula is C19H22N4O2. The van der Waals surface area contributed by atoms with E-state index in [0.717, 1.165) is 30.6 Å². The Morgan fingerprint density at radius 1 is 1.28 bits per heavy atom. The van der Waals surface area contributed by atoms with Crippen LogP contribution in [0, 0.1) is 0 Å². The molecule has 0 radical (unpaired) electrons. The van der Waals surface area contributed by atoms with Crippen LogP contribution in [-0.2, 0) is 6.54 Å². The first-order valence-corrected chi connectivity index (χ1v) is 8.74. The molecule has 0 aliphatic carbocycles. The van der Waals surface area contributed by atoms with E-state index in [9.17, 15) is 9.90 Å². The number of rotatable bonds is 5. The quantitative estimate of drug-likeness (QED) is 0.747. The highest BCUT2D eigenvalue weighted by Crippen LogP contribution is 2.28. The summed E-state index contributed by atoms with van der Waals surface area (Å²) in [6.45, 7) is 1.61. The Labute approximate surface area is 145 Å². The molecule has 0 bridgehead atoms. The van der Waals surface area contributed by atoms with Crippen molar-refractivity contribution in [2.24, 2.45) is 0 Å². The number of nitrogens with one attached hydrogen (secondary N) is 1. The van der Waals surface area contributed by atoms with Crippen molar-refractivity contribution in [3.8, 4) is 0 Å². The molecule has 0 amide bonds. The number of hydrogen-bond acceptors (Lipinski definition) is 4. The number of aromatic amines is 1. The summed E-state index contributed by atoms with van der Waals surface area (Å²) in [5.41, 5.74) is 2.29. The van der Waals surface area contributed by atoms with E-state index in [1.54, 1.807) is 18.3 Å². The van der Waals surface area contributed by atoms with Gasteiger partial charge in [0.1, 0.15) is 0 Å². The van der Waals surface area contributed by atoms with Crippen LogP contribution in [0.4, 0.5) is 0 Å². The zero-order valence-corrected chi connectivity index (χ0v) is 14.0. The van der Waals surface area contributed by atoms with Crippen LogP contribution in [-0.4, -0.2) is 37.2 Å². The standard InChI is InChI=1S/C19H22N4O2/c24-17(14-5-2-1-3-6-14)12-16-7-4-10-22(16)13-15-11-19(25)23-18(21-15)8-9-20-23/h1-3,5-6,8-9,11,16-17,20,24H,4,7,10,12-13H2. The van der Waals surface area contributed by atoms with Gasteiger partial charge in [-0.1, -0.05) is 30.3 Å². The van der Waals surface area contributed by atoms with Crippen molar-refractivity contribution in [2.75, 3.05) is 6.54 Å². The minimum atomic E-state index is -0.461. The van der Waals surface area contributed by atoms with Gasteiger partial charge in [0.2, 0.25) is 0 Å². The van der Waals surface area contributed by atoms with Crippen molar-refractivity contribution < 1.29 is 5.11 Å². The van der Waals surface area contributed by atoms with Crippen LogP contribution in [0.1, 0.15) is 36.6 Å². The monoisotopic (exact) mass is 338 g/mol. The van der Waals surface area contributed by atoms with Gasteiger partial charge < -0.3 is 5.11 Å². The molecule has 0 saturated carbocycles. The normalized spacial score (nSPS) is 19.5. The van der Waals surface area contributed by atoms with E-state index in [-0.39, 0.29) is 5.56 Å². The predicted octanol–water partition coefficient (Wildman–Crippen LogP) is 2.11. The third-order valence-corrected chi connectivity index (χ3v) is 4.98. The number of H-pyrrole nitrogens is 1. The Bertz CT molecular complexity index is 902. The lowest BCUT2D eigenvalue weighted by Crippen LogP contribution is -2.31. The van der Waals surface area contributed by atoms with Crippen molar-refractivity contribution in [3.05, 3.63) is 70.3 Å². The summed E-state index contributed by atoms with van der Waals surface area (Å²) < 4.78 is 1.43.